The predicted octanol–water partition coefficient (Wildman–Crippen LogP) is 5.34. The van der Waals surface area contributed by atoms with E-state index in [1.54, 1.807) is 23.2 Å². The predicted molar refractivity (Wildman–Crippen MR) is 152 cm³/mol. The number of nitrogens with one attached hydrogen (secondary N) is 1. The van der Waals surface area contributed by atoms with Gasteiger partial charge in [-0.05, 0) is 51.9 Å². The summed E-state index contributed by atoms with van der Waals surface area (Å²) in [6, 6.07) is 19.9. The van der Waals surface area contributed by atoms with Gasteiger partial charge in [0.05, 0.1) is 6.20 Å². The van der Waals surface area contributed by atoms with E-state index in [9.17, 15) is 14.0 Å². The van der Waals surface area contributed by atoms with Crippen LogP contribution in [0.1, 0.15) is 46.7 Å². The van der Waals surface area contributed by atoms with Crippen LogP contribution in [0.3, 0.4) is 0 Å². The van der Waals surface area contributed by atoms with Gasteiger partial charge in [0.1, 0.15) is 17.5 Å². The first kappa shape index (κ1) is 26.0. The van der Waals surface area contributed by atoms with Crippen LogP contribution >= 0.6 is 0 Å². The third kappa shape index (κ3) is 5.02. The number of benzene rings is 3. The standard InChI is InChI=1S/C32H32FN5O2/c1-3-23-5-4-6-28(33)27(23)15-21-7-9-22(10-8-21)18-37-19-25-12-11-24(16-26(25)20-37)31-34-17-30(36(31)2)38-14-13-29(39)35-32(38)40/h4-12,16-17H,3,13-15,18-20H2,1-2H3,(H,35,39,40). The van der Waals surface area contributed by atoms with Crippen LogP contribution in [-0.2, 0) is 44.3 Å². The molecule has 2 aliphatic rings. The second kappa shape index (κ2) is 10.7. The number of aryl methyl sites for hydroxylation is 1. The Morgan fingerprint density at radius 3 is 2.52 bits per heavy atom. The fourth-order valence-electron chi connectivity index (χ4n) is 5.78. The maximum absolute atomic E-state index is 14.4. The lowest BCUT2D eigenvalue weighted by Gasteiger charge is -2.26. The van der Waals surface area contributed by atoms with Gasteiger partial charge in [0.2, 0.25) is 5.91 Å². The first-order chi connectivity index (χ1) is 19.4. The molecule has 1 N–H and O–H groups in total. The van der Waals surface area contributed by atoms with Crippen LogP contribution in [0.2, 0.25) is 0 Å². The third-order valence-electron chi connectivity index (χ3n) is 7.95. The molecule has 6 rings (SSSR count). The monoisotopic (exact) mass is 537 g/mol. The smallest absolute Gasteiger partial charge is 0.314 e. The minimum Gasteiger partial charge on any atom is -0.314 e. The van der Waals surface area contributed by atoms with E-state index >= 15 is 0 Å². The molecule has 1 aromatic heterocycles. The van der Waals surface area contributed by atoms with Crippen molar-refractivity contribution in [2.24, 2.45) is 7.05 Å². The third-order valence-corrected chi connectivity index (χ3v) is 7.95. The van der Waals surface area contributed by atoms with Crippen LogP contribution in [-0.4, -0.2) is 32.9 Å². The van der Waals surface area contributed by atoms with Gasteiger partial charge in [-0.2, -0.15) is 0 Å². The summed E-state index contributed by atoms with van der Waals surface area (Å²) in [7, 11) is 1.89. The van der Waals surface area contributed by atoms with Gasteiger partial charge in [0, 0.05) is 51.6 Å². The van der Waals surface area contributed by atoms with Gasteiger partial charge in [0.15, 0.2) is 0 Å². The van der Waals surface area contributed by atoms with Crippen LogP contribution in [0.15, 0.2) is 66.9 Å². The number of rotatable bonds is 7. The Kier molecular flexibility index (Phi) is 6.94. The lowest BCUT2D eigenvalue weighted by molar-refractivity contribution is -0.120. The largest absolute Gasteiger partial charge is 0.329 e. The molecule has 7 nitrogen and oxygen atoms in total. The molecule has 0 atom stereocenters. The lowest BCUT2D eigenvalue weighted by Crippen LogP contribution is -2.50. The highest BCUT2D eigenvalue weighted by Crippen LogP contribution is 2.31. The Bertz CT molecular complexity index is 1590. The van der Waals surface area contributed by atoms with E-state index in [1.807, 2.05) is 17.7 Å². The van der Waals surface area contributed by atoms with E-state index in [2.05, 4.69) is 64.6 Å². The van der Waals surface area contributed by atoms with E-state index in [4.69, 9.17) is 0 Å². The van der Waals surface area contributed by atoms with Gasteiger partial charge in [-0.15, -0.1) is 0 Å². The maximum atomic E-state index is 14.4. The topological polar surface area (TPSA) is 70.5 Å². The number of carbonyl (C=O) groups is 2. The molecule has 40 heavy (non-hydrogen) atoms. The number of anilines is 1. The summed E-state index contributed by atoms with van der Waals surface area (Å²) in [6.45, 7) is 4.95. The Morgan fingerprint density at radius 2 is 1.75 bits per heavy atom. The Labute approximate surface area is 233 Å². The van der Waals surface area contributed by atoms with E-state index in [1.165, 1.54) is 16.7 Å². The number of nitrogens with zero attached hydrogens (tertiary/aromatic N) is 4. The van der Waals surface area contributed by atoms with Crippen molar-refractivity contribution in [2.75, 3.05) is 11.4 Å². The van der Waals surface area contributed by atoms with Crippen molar-refractivity contribution in [3.63, 3.8) is 0 Å². The molecule has 0 spiro atoms. The Morgan fingerprint density at radius 1 is 0.975 bits per heavy atom. The summed E-state index contributed by atoms with van der Waals surface area (Å²) in [6.07, 6.45) is 3.38. The Hall–Kier alpha value is -4.30. The number of amides is 3. The lowest BCUT2D eigenvalue weighted by atomic mass is 9.97. The van der Waals surface area contributed by atoms with Gasteiger partial charge in [-0.25, -0.2) is 14.2 Å². The van der Waals surface area contributed by atoms with Gasteiger partial charge in [-0.1, -0.05) is 55.5 Å². The molecule has 3 heterocycles. The van der Waals surface area contributed by atoms with Gasteiger partial charge in [0.25, 0.3) is 0 Å². The second-order valence-electron chi connectivity index (χ2n) is 10.6. The number of aromatic nitrogens is 2. The molecule has 0 unspecified atom stereocenters. The molecule has 0 saturated carbocycles. The number of halogens is 1. The van der Waals surface area contributed by atoms with Crippen molar-refractivity contribution >= 4 is 17.8 Å². The molecule has 3 amide bonds. The van der Waals surface area contributed by atoms with E-state index in [0.29, 0.717) is 18.8 Å². The SMILES string of the molecule is CCc1cccc(F)c1Cc1ccc(CN2Cc3ccc(-c4ncc(N5CCC(=O)NC5=O)n4C)cc3C2)cc1. The van der Waals surface area contributed by atoms with Crippen molar-refractivity contribution in [1.29, 1.82) is 0 Å². The number of imide groups is 1. The van der Waals surface area contributed by atoms with Gasteiger partial charge in [-0.3, -0.25) is 19.9 Å². The normalized spacial score (nSPS) is 15.4. The minimum absolute atomic E-state index is 0.132. The maximum Gasteiger partial charge on any atom is 0.329 e. The highest BCUT2D eigenvalue weighted by atomic mass is 19.1. The molecule has 3 aromatic carbocycles. The van der Waals surface area contributed by atoms with Crippen molar-refractivity contribution in [1.82, 2.24) is 19.8 Å². The molecule has 4 aromatic rings. The summed E-state index contributed by atoms with van der Waals surface area (Å²) in [4.78, 5) is 32.4. The number of hydrogen-bond donors (Lipinski definition) is 1. The zero-order chi connectivity index (χ0) is 27.8. The van der Waals surface area contributed by atoms with Crippen LogP contribution in [0.4, 0.5) is 15.0 Å². The van der Waals surface area contributed by atoms with Crippen molar-refractivity contribution < 1.29 is 14.0 Å². The molecule has 0 radical (unpaired) electrons. The number of imidazole rings is 1. The van der Waals surface area contributed by atoms with E-state index < -0.39 is 6.03 Å². The van der Waals surface area contributed by atoms with Crippen LogP contribution in [0.25, 0.3) is 11.4 Å². The first-order valence-corrected chi connectivity index (χ1v) is 13.7. The quantitative estimate of drug-likeness (QED) is 0.346. The summed E-state index contributed by atoms with van der Waals surface area (Å²) in [5.41, 5.74) is 7.76. The number of carbonyl (C=O) groups excluding carboxylic acids is 2. The summed E-state index contributed by atoms with van der Waals surface area (Å²) >= 11 is 0. The van der Waals surface area contributed by atoms with Crippen LogP contribution < -0.4 is 10.2 Å². The molecule has 1 saturated heterocycles. The van der Waals surface area contributed by atoms with E-state index in [0.717, 1.165) is 54.1 Å². The highest BCUT2D eigenvalue weighted by molar-refractivity contribution is 6.05. The fourth-order valence-corrected chi connectivity index (χ4v) is 5.78. The average Bonchev–Trinajstić information content (AvgIpc) is 3.53. The number of urea groups is 1. The van der Waals surface area contributed by atoms with Crippen LogP contribution in [0.5, 0.6) is 0 Å². The summed E-state index contributed by atoms with van der Waals surface area (Å²) in [5.74, 6) is 1.05. The average molecular weight is 538 g/mol. The van der Waals surface area contributed by atoms with Crippen molar-refractivity contribution in [3.8, 4) is 11.4 Å². The fraction of sp³-hybridized carbons (Fsp3) is 0.281. The molecular weight excluding hydrogens is 505 g/mol. The molecule has 8 heteroatoms. The molecule has 2 aliphatic heterocycles. The highest BCUT2D eigenvalue weighted by Gasteiger charge is 2.27. The molecule has 1 fully saturated rings. The second-order valence-corrected chi connectivity index (χ2v) is 10.6. The van der Waals surface area contributed by atoms with Gasteiger partial charge < -0.3 is 4.57 Å². The molecular formula is C32H32FN5O2. The zero-order valence-corrected chi connectivity index (χ0v) is 22.8. The first-order valence-electron chi connectivity index (χ1n) is 13.7. The van der Waals surface area contributed by atoms with Gasteiger partial charge >= 0.3 is 6.03 Å². The van der Waals surface area contributed by atoms with Crippen molar-refractivity contribution in [3.05, 3.63) is 106 Å². The van der Waals surface area contributed by atoms with Crippen LogP contribution in [0, 0.1) is 5.82 Å². The molecule has 0 bridgehead atoms. The minimum atomic E-state index is -0.415. The number of hydrogen-bond acceptors (Lipinski definition) is 4. The Balaban J connectivity index is 1.12. The van der Waals surface area contributed by atoms with E-state index in [-0.39, 0.29) is 18.1 Å². The zero-order valence-electron chi connectivity index (χ0n) is 22.8. The molecule has 0 aliphatic carbocycles. The van der Waals surface area contributed by atoms with Crippen molar-refractivity contribution in [2.45, 2.75) is 45.8 Å². The number of fused-ring (bicyclic) bond motifs is 1. The summed E-state index contributed by atoms with van der Waals surface area (Å²) < 4.78 is 16.3. The molecule has 204 valence electrons. The summed E-state index contributed by atoms with van der Waals surface area (Å²) in [5, 5.41) is 2.37.